The Morgan fingerprint density at radius 3 is 2.33 bits per heavy atom. The number of nitrogens with zero attached hydrogens (tertiary/aromatic N) is 2. The van der Waals surface area contributed by atoms with Gasteiger partial charge in [-0.15, -0.1) is 0 Å². The van der Waals surface area contributed by atoms with Crippen LogP contribution in [0, 0.1) is 6.92 Å². The summed E-state index contributed by atoms with van der Waals surface area (Å²) in [6.45, 7) is 4.30. The fraction of sp³-hybridized carbons (Fsp3) is 0.667. The number of aliphatic hydroxyl groups excluding tert-OH is 1. The zero-order chi connectivity index (χ0) is 13.2. The normalized spacial score (nSPS) is 10.4. The van der Waals surface area contributed by atoms with Crippen LogP contribution in [0.25, 0.3) is 0 Å². The van der Waals surface area contributed by atoms with Crippen molar-refractivity contribution in [1.29, 1.82) is 0 Å². The van der Waals surface area contributed by atoms with Gasteiger partial charge in [-0.3, -0.25) is 0 Å². The first-order chi connectivity index (χ1) is 8.76. The molecule has 1 heterocycles. The Hall–Kier alpha value is -1.40. The van der Waals surface area contributed by atoms with E-state index in [9.17, 15) is 0 Å². The minimum Gasteiger partial charge on any atom is -0.396 e. The molecule has 0 spiro atoms. The van der Waals surface area contributed by atoms with E-state index in [-0.39, 0.29) is 6.61 Å². The molecule has 0 aromatic carbocycles. The number of aliphatic hydroxyl groups is 1. The Morgan fingerprint density at radius 2 is 1.78 bits per heavy atom. The lowest BCUT2D eigenvalue weighted by Crippen LogP contribution is -2.10. The van der Waals surface area contributed by atoms with E-state index in [1.807, 2.05) is 13.0 Å². The number of nitrogens with one attached hydrogen (secondary N) is 2. The second kappa shape index (κ2) is 8.66. The molecule has 102 valence electrons. The molecule has 3 N–H and O–H groups in total. The summed E-state index contributed by atoms with van der Waals surface area (Å²) < 4.78 is 4.98. The number of hydrogen-bond acceptors (Lipinski definition) is 6. The molecule has 1 aromatic heterocycles. The van der Waals surface area contributed by atoms with Gasteiger partial charge in [-0.2, -0.15) is 0 Å². The van der Waals surface area contributed by atoms with E-state index in [0.29, 0.717) is 13.0 Å². The van der Waals surface area contributed by atoms with Crippen molar-refractivity contribution in [2.75, 3.05) is 44.0 Å². The number of anilines is 2. The molecule has 0 aliphatic rings. The van der Waals surface area contributed by atoms with Gasteiger partial charge in [0.1, 0.15) is 17.5 Å². The van der Waals surface area contributed by atoms with E-state index >= 15 is 0 Å². The van der Waals surface area contributed by atoms with Crippen molar-refractivity contribution in [2.24, 2.45) is 0 Å². The molecular formula is C12H22N4O2. The van der Waals surface area contributed by atoms with Crippen LogP contribution in [0.5, 0.6) is 0 Å². The molecule has 1 aromatic rings. The molecule has 0 unspecified atom stereocenters. The maximum absolute atomic E-state index is 8.72. The second-order valence-corrected chi connectivity index (χ2v) is 3.96. The molecule has 6 nitrogen and oxygen atoms in total. The summed E-state index contributed by atoms with van der Waals surface area (Å²) in [5.74, 6) is 2.31. The number of ether oxygens (including phenoxy) is 1. The minimum absolute atomic E-state index is 0.180. The van der Waals surface area contributed by atoms with E-state index in [1.54, 1.807) is 7.11 Å². The third-order valence-electron chi connectivity index (χ3n) is 2.31. The molecular weight excluding hydrogens is 232 g/mol. The standard InChI is InChI=1S/C12H22N4O2/c1-10-15-11(13-5-3-7-17)9-12(16-10)14-6-4-8-18-2/h9,17H,3-8H2,1-2H3,(H2,13,14,15,16). The first-order valence-electron chi connectivity index (χ1n) is 6.19. The van der Waals surface area contributed by atoms with Gasteiger partial charge in [0.15, 0.2) is 0 Å². The van der Waals surface area contributed by atoms with Gasteiger partial charge in [0, 0.05) is 39.5 Å². The number of hydrogen-bond donors (Lipinski definition) is 3. The lowest BCUT2D eigenvalue weighted by molar-refractivity contribution is 0.198. The molecule has 0 aliphatic carbocycles. The van der Waals surface area contributed by atoms with Gasteiger partial charge in [0.2, 0.25) is 0 Å². The van der Waals surface area contributed by atoms with Crippen LogP contribution >= 0.6 is 0 Å². The fourth-order valence-corrected chi connectivity index (χ4v) is 1.48. The number of aromatic nitrogens is 2. The van der Waals surface area contributed by atoms with E-state index in [4.69, 9.17) is 9.84 Å². The topological polar surface area (TPSA) is 79.3 Å². The van der Waals surface area contributed by atoms with Crippen LogP contribution in [0.3, 0.4) is 0 Å². The van der Waals surface area contributed by atoms with Crippen LogP contribution in [0.15, 0.2) is 6.07 Å². The van der Waals surface area contributed by atoms with Crippen LogP contribution < -0.4 is 10.6 Å². The van der Waals surface area contributed by atoms with E-state index in [0.717, 1.165) is 37.0 Å². The number of methoxy groups -OCH3 is 1. The van der Waals surface area contributed by atoms with Gasteiger partial charge < -0.3 is 20.5 Å². The number of aryl methyl sites for hydroxylation is 1. The van der Waals surface area contributed by atoms with Gasteiger partial charge in [-0.05, 0) is 19.8 Å². The Labute approximate surface area is 108 Å². The maximum atomic E-state index is 8.72. The van der Waals surface area contributed by atoms with Crippen molar-refractivity contribution in [3.63, 3.8) is 0 Å². The van der Waals surface area contributed by atoms with E-state index < -0.39 is 0 Å². The van der Waals surface area contributed by atoms with Gasteiger partial charge in [0.05, 0.1) is 0 Å². The van der Waals surface area contributed by atoms with Crippen LogP contribution in [-0.2, 0) is 4.74 Å². The largest absolute Gasteiger partial charge is 0.396 e. The molecule has 0 fully saturated rings. The predicted octanol–water partition coefficient (Wildman–Crippen LogP) is 1.03. The molecule has 1 rings (SSSR count). The maximum Gasteiger partial charge on any atom is 0.131 e. The summed E-state index contributed by atoms with van der Waals surface area (Å²) in [6.07, 6.45) is 1.65. The quantitative estimate of drug-likeness (QED) is 0.571. The van der Waals surface area contributed by atoms with Crippen molar-refractivity contribution in [2.45, 2.75) is 19.8 Å². The average molecular weight is 254 g/mol. The molecule has 0 saturated heterocycles. The first kappa shape index (κ1) is 14.7. The second-order valence-electron chi connectivity index (χ2n) is 3.96. The number of rotatable bonds is 9. The van der Waals surface area contributed by atoms with Crippen molar-refractivity contribution in [3.05, 3.63) is 11.9 Å². The zero-order valence-electron chi connectivity index (χ0n) is 11.1. The lowest BCUT2D eigenvalue weighted by Gasteiger charge is -2.09. The van der Waals surface area contributed by atoms with Crippen molar-refractivity contribution in [1.82, 2.24) is 9.97 Å². The molecule has 18 heavy (non-hydrogen) atoms. The predicted molar refractivity (Wildman–Crippen MR) is 71.9 cm³/mol. The highest BCUT2D eigenvalue weighted by Gasteiger charge is 2.01. The highest BCUT2D eigenvalue weighted by molar-refractivity contribution is 5.47. The average Bonchev–Trinajstić information content (AvgIpc) is 2.34. The van der Waals surface area contributed by atoms with Crippen LogP contribution in [0.4, 0.5) is 11.6 Å². The summed E-state index contributed by atoms with van der Waals surface area (Å²) in [5.41, 5.74) is 0. The Kier molecular flexibility index (Phi) is 7.05. The molecule has 0 aliphatic heterocycles. The van der Waals surface area contributed by atoms with Gasteiger partial charge in [-0.25, -0.2) is 9.97 Å². The summed E-state index contributed by atoms with van der Waals surface area (Å²) in [7, 11) is 1.69. The summed E-state index contributed by atoms with van der Waals surface area (Å²) in [6, 6.07) is 1.87. The van der Waals surface area contributed by atoms with Gasteiger partial charge in [-0.1, -0.05) is 0 Å². The summed E-state index contributed by atoms with van der Waals surface area (Å²) >= 11 is 0. The highest BCUT2D eigenvalue weighted by Crippen LogP contribution is 2.10. The zero-order valence-corrected chi connectivity index (χ0v) is 11.1. The first-order valence-corrected chi connectivity index (χ1v) is 6.19. The van der Waals surface area contributed by atoms with Crippen molar-refractivity contribution < 1.29 is 9.84 Å². The SMILES string of the molecule is COCCCNc1cc(NCCCO)nc(C)n1. The van der Waals surface area contributed by atoms with Crippen LogP contribution in [0.1, 0.15) is 18.7 Å². The minimum atomic E-state index is 0.180. The molecule has 0 amide bonds. The van der Waals surface area contributed by atoms with E-state index in [2.05, 4.69) is 20.6 Å². The summed E-state index contributed by atoms with van der Waals surface area (Å²) in [4.78, 5) is 8.59. The Balaban J connectivity index is 2.46. The molecule has 0 radical (unpaired) electrons. The van der Waals surface area contributed by atoms with Crippen LogP contribution in [0.2, 0.25) is 0 Å². The molecule has 0 saturated carbocycles. The lowest BCUT2D eigenvalue weighted by atomic mass is 10.4. The van der Waals surface area contributed by atoms with Gasteiger partial charge >= 0.3 is 0 Å². The fourth-order valence-electron chi connectivity index (χ4n) is 1.48. The van der Waals surface area contributed by atoms with Crippen molar-refractivity contribution in [3.8, 4) is 0 Å². The molecule has 6 heteroatoms. The molecule has 0 bridgehead atoms. The Morgan fingerprint density at radius 1 is 1.17 bits per heavy atom. The summed E-state index contributed by atoms with van der Waals surface area (Å²) in [5, 5.41) is 15.1. The van der Waals surface area contributed by atoms with E-state index in [1.165, 1.54) is 0 Å². The third-order valence-corrected chi connectivity index (χ3v) is 2.31. The smallest absolute Gasteiger partial charge is 0.131 e. The Bertz CT molecular complexity index is 347. The molecule has 0 atom stereocenters. The van der Waals surface area contributed by atoms with Crippen LogP contribution in [-0.4, -0.2) is 48.5 Å². The third kappa shape index (κ3) is 5.79. The monoisotopic (exact) mass is 254 g/mol. The van der Waals surface area contributed by atoms with Gasteiger partial charge in [0.25, 0.3) is 0 Å². The van der Waals surface area contributed by atoms with Crippen molar-refractivity contribution >= 4 is 11.6 Å². The highest BCUT2D eigenvalue weighted by atomic mass is 16.5.